The van der Waals surface area contributed by atoms with Crippen molar-refractivity contribution in [1.82, 2.24) is 15.2 Å². The van der Waals surface area contributed by atoms with Crippen LogP contribution in [0.1, 0.15) is 26.5 Å². The van der Waals surface area contributed by atoms with E-state index in [2.05, 4.69) is 46.6 Å². The minimum absolute atomic E-state index is 0.134. The number of rotatable bonds is 5. The lowest BCUT2D eigenvalue weighted by atomic mass is 9.91. The van der Waals surface area contributed by atoms with E-state index in [1.807, 2.05) is 6.07 Å². The van der Waals surface area contributed by atoms with Crippen molar-refractivity contribution in [2.24, 2.45) is 5.41 Å². The van der Waals surface area contributed by atoms with Crippen LogP contribution in [0.25, 0.3) is 0 Å². The zero-order valence-corrected chi connectivity index (χ0v) is 15.6. The highest BCUT2D eigenvalue weighted by atomic mass is 16.5. The molecule has 27 heavy (non-hydrogen) atoms. The van der Waals surface area contributed by atoms with Gasteiger partial charge < -0.3 is 10.1 Å². The van der Waals surface area contributed by atoms with Crippen LogP contribution in [-0.4, -0.2) is 21.2 Å². The summed E-state index contributed by atoms with van der Waals surface area (Å²) in [5.74, 6) is 1.94. The lowest BCUT2D eigenvalue weighted by molar-refractivity contribution is 0.262. The van der Waals surface area contributed by atoms with Crippen molar-refractivity contribution < 1.29 is 9.53 Å². The van der Waals surface area contributed by atoms with Crippen molar-refractivity contribution in [3.63, 3.8) is 0 Å². The Bertz CT molecular complexity index is 883. The molecule has 0 radical (unpaired) electrons. The molecule has 0 aliphatic rings. The fourth-order valence-corrected chi connectivity index (χ4v) is 2.49. The molecule has 3 N–H and O–H groups in total. The Morgan fingerprint density at radius 3 is 2.37 bits per heavy atom. The molecule has 0 saturated heterocycles. The van der Waals surface area contributed by atoms with Crippen LogP contribution < -0.4 is 15.4 Å². The number of anilines is 2. The van der Waals surface area contributed by atoms with Crippen LogP contribution in [0.4, 0.5) is 16.3 Å². The smallest absolute Gasteiger partial charge is 0.324 e. The first kappa shape index (κ1) is 18.4. The van der Waals surface area contributed by atoms with Crippen molar-refractivity contribution in [3.8, 4) is 11.5 Å². The van der Waals surface area contributed by atoms with Crippen LogP contribution in [0.3, 0.4) is 0 Å². The molecule has 0 saturated carbocycles. The second kappa shape index (κ2) is 7.90. The third-order valence-corrected chi connectivity index (χ3v) is 3.59. The van der Waals surface area contributed by atoms with Crippen molar-refractivity contribution in [2.75, 3.05) is 10.6 Å². The number of benzene rings is 1. The predicted molar refractivity (Wildman–Crippen MR) is 105 cm³/mol. The number of aromatic nitrogens is 3. The van der Waals surface area contributed by atoms with Gasteiger partial charge in [-0.25, -0.2) is 4.79 Å². The number of urea groups is 1. The van der Waals surface area contributed by atoms with Crippen LogP contribution in [0, 0.1) is 5.41 Å². The Hall–Kier alpha value is -3.35. The van der Waals surface area contributed by atoms with Crippen LogP contribution in [-0.2, 0) is 6.42 Å². The van der Waals surface area contributed by atoms with Gasteiger partial charge in [0, 0.05) is 24.1 Å². The highest BCUT2D eigenvalue weighted by molar-refractivity contribution is 5.99. The van der Waals surface area contributed by atoms with Crippen LogP contribution >= 0.6 is 0 Å². The van der Waals surface area contributed by atoms with E-state index in [1.54, 1.807) is 48.8 Å². The molecule has 1 aromatic carbocycles. The Morgan fingerprint density at radius 2 is 1.70 bits per heavy atom. The lowest BCUT2D eigenvalue weighted by Gasteiger charge is -2.15. The summed E-state index contributed by atoms with van der Waals surface area (Å²) in [5, 5.41) is 12.6. The summed E-state index contributed by atoms with van der Waals surface area (Å²) in [5.41, 5.74) is 1.70. The van der Waals surface area contributed by atoms with E-state index < -0.39 is 0 Å². The molecular weight excluding hydrogens is 342 g/mol. The number of H-pyrrole nitrogens is 1. The van der Waals surface area contributed by atoms with Gasteiger partial charge in [0.15, 0.2) is 0 Å². The Kier molecular flexibility index (Phi) is 5.40. The second-order valence-corrected chi connectivity index (χ2v) is 7.40. The van der Waals surface area contributed by atoms with Gasteiger partial charge in [-0.1, -0.05) is 20.8 Å². The molecule has 0 bridgehead atoms. The number of nitrogens with zero attached hydrogens (tertiary/aromatic N) is 2. The number of aromatic amines is 1. The van der Waals surface area contributed by atoms with Gasteiger partial charge in [0.05, 0.1) is 5.69 Å². The molecule has 0 spiro atoms. The maximum Gasteiger partial charge on any atom is 0.324 e. The van der Waals surface area contributed by atoms with Crippen molar-refractivity contribution >= 4 is 17.5 Å². The molecule has 0 atom stereocenters. The van der Waals surface area contributed by atoms with E-state index >= 15 is 0 Å². The molecule has 7 heteroatoms. The van der Waals surface area contributed by atoms with Crippen LogP contribution in [0.2, 0.25) is 0 Å². The highest BCUT2D eigenvalue weighted by Crippen LogP contribution is 2.23. The first-order valence-corrected chi connectivity index (χ1v) is 8.68. The number of hydrogen-bond donors (Lipinski definition) is 3. The summed E-state index contributed by atoms with van der Waals surface area (Å²) >= 11 is 0. The molecule has 0 unspecified atom stereocenters. The maximum atomic E-state index is 12.1. The summed E-state index contributed by atoms with van der Waals surface area (Å²) in [6.07, 6.45) is 4.15. The number of amides is 2. The zero-order chi connectivity index (χ0) is 19.3. The van der Waals surface area contributed by atoms with E-state index in [0.717, 1.165) is 12.1 Å². The zero-order valence-electron chi connectivity index (χ0n) is 15.6. The summed E-state index contributed by atoms with van der Waals surface area (Å²) in [4.78, 5) is 16.1. The maximum absolute atomic E-state index is 12.1. The average molecular weight is 365 g/mol. The van der Waals surface area contributed by atoms with E-state index in [4.69, 9.17) is 4.74 Å². The SMILES string of the molecule is CC(C)(C)Cc1cc(NC(=O)Nc2ccc(Oc3ccncc3)cc2)[nH]n1. The Morgan fingerprint density at radius 1 is 1.04 bits per heavy atom. The average Bonchev–Trinajstić information content (AvgIpc) is 3.02. The lowest BCUT2D eigenvalue weighted by Crippen LogP contribution is -2.19. The standard InChI is InChI=1S/C20H23N5O2/c1-20(2,3)13-15-12-18(25-24-15)23-19(26)22-14-4-6-16(7-5-14)27-17-8-10-21-11-9-17/h4-12H,13H2,1-3H3,(H3,22,23,24,25,26). The second-order valence-electron chi connectivity index (χ2n) is 7.40. The van der Waals surface area contributed by atoms with Gasteiger partial charge in [0.25, 0.3) is 0 Å². The van der Waals surface area contributed by atoms with Gasteiger partial charge in [-0.3, -0.25) is 15.4 Å². The third-order valence-electron chi connectivity index (χ3n) is 3.59. The van der Waals surface area contributed by atoms with E-state index in [-0.39, 0.29) is 11.4 Å². The fraction of sp³-hybridized carbons (Fsp3) is 0.250. The molecule has 3 aromatic rings. The first-order valence-electron chi connectivity index (χ1n) is 8.68. The van der Waals surface area contributed by atoms with E-state index in [0.29, 0.717) is 23.0 Å². The topological polar surface area (TPSA) is 91.9 Å². The molecule has 2 aromatic heterocycles. The van der Waals surface area contributed by atoms with Gasteiger partial charge in [0.2, 0.25) is 0 Å². The Balaban J connectivity index is 1.53. The van der Waals surface area contributed by atoms with Crippen LogP contribution in [0.5, 0.6) is 11.5 Å². The van der Waals surface area contributed by atoms with Gasteiger partial charge in [-0.05, 0) is 48.2 Å². The predicted octanol–water partition coefficient (Wildman–Crippen LogP) is 4.83. The van der Waals surface area contributed by atoms with E-state index in [1.165, 1.54) is 0 Å². The normalized spacial score (nSPS) is 11.1. The van der Waals surface area contributed by atoms with Gasteiger partial charge in [0.1, 0.15) is 17.3 Å². The minimum Gasteiger partial charge on any atom is -0.457 e. The number of carbonyl (C=O) groups is 1. The number of ether oxygens (including phenoxy) is 1. The summed E-state index contributed by atoms with van der Waals surface area (Å²) in [7, 11) is 0. The highest BCUT2D eigenvalue weighted by Gasteiger charge is 2.14. The number of nitrogens with one attached hydrogen (secondary N) is 3. The molecule has 0 aliphatic heterocycles. The number of carbonyl (C=O) groups excluding carboxylic acids is 1. The van der Waals surface area contributed by atoms with E-state index in [9.17, 15) is 4.79 Å². The summed E-state index contributed by atoms with van der Waals surface area (Å²) in [6.45, 7) is 6.43. The van der Waals surface area contributed by atoms with Gasteiger partial charge >= 0.3 is 6.03 Å². The summed E-state index contributed by atoms with van der Waals surface area (Å²) in [6, 6.07) is 12.2. The molecule has 2 amide bonds. The number of pyridine rings is 1. The van der Waals surface area contributed by atoms with Gasteiger partial charge in [-0.15, -0.1) is 0 Å². The van der Waals surface area contributed by atoms with Crippen LogP contribution in [0.15, 0.2) is 54.9 Å². The largest absolute Gasteiger partial charge is 0.457 e. The first-order chi connectivity index (χ1) is 12.9. The van der Waals surface area contributed by atoms with Crippen molar-refractivity contribution in [1.29, 1.82) is 0 Å². The molecular formula is C20H23N5O2. The number of hydrogen-bond acceptors (Lipinski definition) is 4. The molecule has 7 nitrogen and oxygen atoms in total. The van der Waals surface area contributed by atoms with Gasteiger partial charge in [-0.2, -0.15) is 5.10 Å². The Labute approximate surface area is 158 Å². The van der Waals surface area contributed by atoms with Crippen molar-refractivity contribution in [2.45, 2.75) is 27.2 Å². The molecule has 3 rings (SSSR count). The fourth-order valence-electron chi connectivity index (χ4n) is 2.49. The molecule has 2 heterocycles. The monoisotopic (exact) mass is 365 g/mol. The molecule has 0 fully saturated rings. The molecule has 140 valence electrons. The summed E-state index contributed by atoms with van der Waals surface area (Å²) < 4.78 is 5.69. The quantitative estimate of drug-likeness (QED) is 0.604. The minimum atomic E-state index is -0.344. The molecule has 0 aliphatic carbocycles. The van der Waals surface area contributed by atoms with Crippen molar-refractivity contribution in [3.05, 3.63) is 60.6 Å². The third kappa shape index (κ3) is 5.85.